The van der Waals surface area contributed by atoms with Crippen LogP contribution in [-0.4, -0.2) is 40.6 Å². The van der Waals surface area contributed by atoms with Gasteiger partial charge in [0.25, 0.3) is 11.6 Å². The highest BCUT2D eigenvalue weighted by Crippen LogP contribution is 2.52. The zero-order valence-corrected chi connectivity index (χ0v) is 18.7. The first-order valence-corrected chi connectivity index (χ1v) is 11.3. The number of nitro benzene ring substituents is 1. The maximum atomic E-state index is 12.8. The van der Waals surface area contributed by atoms with E-state index in [1.54, 1.807) is 24.3 Å². The fourth-order valence-electron chi connectivity index (χ4n) is 5.20. The minimum atomic E-state index is -0.582. The largest absolute Gasteiger partial charge is 0.378 e. The highest BCUT2D eigenvalue weighted by Gasteiger charge is 2.58. The Labute approximate surface area is 199 Å². The van der Waals surface area contributed by atoms with E-state index in [9.17, 15) is 24.5 Å². The van der Waals surface area contributed by atoms with Crippen molar-refractivity contribution in [1.29, 1.82) is 0 Å². The Bertz CT molecular complexity index is 1200. The van der Waals surface area contributed by atoms with E-state index in [-0.39, 0.29) is 65.5 Å². The Morgan fingerprint density at radius 1 is 1.06 bits per heavy atom. The maximum absolute atomic E-state index is 12.8. The van der Waals surface area contributed by atoms with Gasteiger partial charge in [-0.2, -0.15) is 0 Å². The molecule has 9 nitrogen and oxygen atoms in total. The van der Waals surface area contributed by atoms with E-state index in [2.05, 4.69) is 10.6 Å². The van der Waals surface area contributed by atoms with Gasteiger partial charge in [-0.3, -0.25) is 29.4 Å². The van der Waals surface area contributed by atoms with Gasteiger partial charge in [-0.05, 0) is 54.7 Å². The lowest BCUT2D eigenvalue weighted by Gasteiger charge is -2.18. The molecule has 10 heteroatoms. The molecule has 174 valence electrons. The van der Waals surface area contributed by atoms with Gasteiger partial charge in [0.1, 0.15) is 5.69 Å². The van der Waals surface area contributed by atoms with Crippen molar-refractivity contribution >= 4 is 46.4 Å². The van der Waals surface area contributed by atoms with Gasteiger partial charge >= 0.3 is 0 Å². The number of nitrogens with one attached hydrogen (secondary N) is 2. The van der Waals surface area contributed by atoms with Gasteiger partial charge in [-0.15, -0.1) is 0 Å². The summed E-state index contributed by atoms with van der Waals surface area (Å²) in [5.74, 6) is -1.07. The Morgan fingerprint density at radius 3 is 2.32 bits per heavy atom. The van der Waals surface area contributed by atoms with Crippen LogP contribution in [0.5, 0.6) is 0 Å². The summed E-state index contributed by atoms with van der Waals surface area (Å²) < 4.78 is 0. The molecule has 4 unspecified atom stereocenters. The van der Waals surface area contributed by atoms with Crippen molar-refractivity contribution < 1.29 is 19.3 Å². The summed E-state index contributed by atoms with van der Waals surface area (Å²) in [4.78, 5) is 50.4. The summed E-state index contributed by atoms with van der Waals surface area (Å²) >= 11 is 5.84. The van der Waals surface area contributed by atoms with Crippen molar-refractivity contribution in [3.63, 3.8) is 0 Å². The third-order valence-electron chi connectivity index (χ3n) is 6.77. The average Bonchev–Trinajstić information content (AvgIpc) is 3.50. The second kappa shape index (κ2) is 8.57. The van der Waals surface area contributed by atoms with Gasteiger partial charge in [-0.1, -0.05) is 23.8 Å². The molecule has 1 heterocycles. The fourth-order valence-corrected chi connectivity index (χ4v) is 5.32. The van der Waals surface area contributed by atoms with Gasteiger partial charge in [-0.25, -0.2) is 0 Å². The normalized spacial score (nSPS) is 24.4. The van der Waals surface area contributed by atoms with Crippen LogP contribution in [0.4, 0.5) is 17.1 Å². The second-order valence-corrected chi connectivity index (χ2v) is 9.14. The molecule has 2 aliphatic carbocycles. The van der Waals surface area contributed by atoms with Crippen LogP contribution in [0.2, 0.25) is 5.02 Å². The number of carbonyl (C=O) groups excluding carboxylic acids is 3. The van der Waals surface area contributed by atoms with Crippen LogP contribution in [-0.2, 0) is 9.59 Å². The first-order chi connectivity index (χ1) is 16.3. The first kappa shape index (κ1) is 22.1. The molecule has 5 rings (SSSR count). The lowest BCUT2D eigenvalue weighted by molar-refractivity contribution is -0.384. The van der Waals surface area contributed by atoms with E-state index in [1.807, 2.05) is 12.2 Å². The van der Waals surface area contributed by atoms with Crippen molar-refractivity contribution in [3.8, 4) is 0 Å². The summed E-state index contributed by atoms with van der Waals surface area (Å²) in [6.45, 7) is 0.289. The number of allylic oxidation sites excluding steroid dienone is 2. The molecule has 0 aromatic heterocycles. The van der Waals surface area contributed by atoms with Gasteiger partial charge in [0.15, 0.2) is 0 Å². The molecule has 1 saturated heterocycles. The molecule has 0 spiro atoms. The van der Waals surface area contributed by atoms with E-state index in [4.69, 9.17) is 11.6 Å². The Hall–Kier alpha value is -3.72. The third-order valence-corrected chi connectivity index (χ3v) is 7.02. The Balaban J connectivity index is 1.24. The molecule has 34 heavy (non-hydrogen) atoms. The van der Waals surface area contributed by atoms with E-state index in [0.29, 0.717) is 10.7 Å². The van der Waals surface area contributed by atoms with Crippen LogP contribution in [0, 0.1) is 33.8 Å². The number of anilines is 2. The zero-order valence-electron chi connectivity index (χ0n) is 17.9. The van der Waals surface area contributed by atoms with E-state index in [0.717, 1.165) is 6.42 Å². The molecule has 2 N–H and O–H groups in total. The predicted molar refractivity (Wildman–Crippen MR) is 125 cm³/mol. The molecular formula is C24H21ClN4O5. The van der Waals surface area contributed by atoms with Gasteiger partial charge in [0.05, 0.1) is 16.8 Å². The highest BCUT2D eigenvalue weighted by molar-refractivity contribution is 6.30. The number of amides is 3. The third kappa shape index (κ3) is 3.81. The fraction of sp³-hybridized carbons (Fsp3) is 0.292. The molecule has 3 amide bonds. The number of imide groups is 1. The van der Waals surface area contributed by atoms with Crippen LogP contribution in [0.25, 0.3) is 0 Å². The Morgan fingerprint density at radius 2 is 1.71 bits per heavy atom. The van der Waals surface area contributed by atoms with Crippen molar-refractivity contribution in [1.82, 2.24) is 4.90 Å². The molecule has 2 bridgehead atoms. The molecule has 4 atom stereocenters. The molecule has 2 fully saturated rings. The number of rotatable bonds is 7. The Kier molecular flexibility index (Phi) is 5.57. The molecule has 3 aliphatic rings. The minimum absolute atomic E-state index is 0.118. The quantitative estimate of drug-likeness (QED) is 0.269. The monoisotopic (exact) mass is 480 g/mol. The molecule has 1 saturated carbocycles. The SMILES string of the molecule is O=C(Nc1ccc(Cl)cc1)c1ccc(NCCN2C(=O)C3C4C=CC(C4)C3C2=O)c([N+](=O)[O-])c1. The summed E-state index contributed by atoms with van der Waals surface area (Å²) in [5.41, 5.74) is 0.552. The topological polar surface area (TPSA) is 122 Å². The first-order valence-electron chi connectivity index (χ1n) is 11.0. The van der Waals surface area contributed by atoms with Crippen LogP contribution in [0.3, 0.4) is 0 Å². The highest BCUT2D eigenvalue weighted by atomic mass is 35.5. The van der Waals surface area contributed by atoms with Gasteiger partial charge in [0, 0.05) is 35.4 Å². The van der Waals surface area contributed by atoms with Crippen LogP contribution < -0.4 is 10.6 Å². The number of hydrogen-bond donors (Lipinski definition) is 2. The lowest BCUT2D eigenvalue weighted by Crippen LogP contribution is -2.36. The van der Waals surface area contributed by atoms with Crippen molar-refractivity contribution in [3.05, 3.63) is 75.3 Å². The number of nitrogens with zero attached hydrogens (tertiary/aromatic N) is 2. The van der Waals surface area contributed by atoms with Crippen LogP contribution in [0.15, 0.2) is 54.6 Å². The number of benzene rings is 2. The summed E-state index contributed by atoms with van der Waals surface area (Å²) in [6.07, 6.45) is 4.93. The number of likely N-dealkylation sites (tertiary alicyclic amines) is 1. The average molecular weight is 481 g/mol. The second-order valence-electron chi connectivity index (χ2n) is 8.70. The minimum Gasteiger partial charge on any atom is -0.378 e. The molecule has 1 aliphatic heterocycles. The smallest absolute Gasteiger partial charge is 0.293 e. The lowest BCUT2D eigenvalue weighted by atomic mass is 9.85. The summed E-state index contributed by atoms with van der Waals surface area (Å²) in [7, 11) is 0. The molecule has 0 radical (unpaired) electrons. The molecule has 2 aromatic rings. The van der Waals surface area contributed by atoms with E-state index >= 15 is 0 Å². The summed E-state index contributed by atoms with van der Waals surface area (Å²) in [6, 6.07) is 10.6. The number of nitro groups is 1. The van der Waals surface area contributed by atoms with Gasteiger partial charge in [0.2, 0.25) is 11.8 Å². The van der Waals surface area contributed by atoms with Crippen LogP contribution >= 0.6 is 11.6 Å². The van der Waals surface area contributed by atoms with E-state index in [1.165, 1.54) is 23.1 Å². The zero-order chi connectivity index (χ0) is 24.0. The number of halogens is 1. The molecular weight excluding hydrogens is 460 g/mol. The van der Waals surface area contributed by atoms with Crippen molar-refractivity contribution in [2.24, 2.45) is 23.7 Å². The standard InChI is InChI=1S/C24H21ClN4O5/c25-16-4-6-17(7-5-16)27-22(30)15-3-8-18(19(12-15)29(33)34)26-9-10-28-23(31)20-13-1-2-14(11-13)21(20)24(28)32/h1-8,12-14,20-21,26H,9-11H2,(H,27,30). The maximum Gasteiger partial charge on any atom is 0.293 e. The van der Waals surface area contributed by atoms with Gasteiger partial charge < -0.3 is 10.6 Å². The number of fused-ring (bicyclic) bond motifs is 5. The molecule has 2 aromatic carbocycles. The summed E-state index contributed by atoms with van der Waals surface area (Å²) in [5, 5.41) is 17.7. The van der Waals surface area contributed by atoms with E-state index < -0.39 is 10.8 Å². The van der Waals surface area contributed by atoms with Crippen molar-refractivity contribution in [2.45, 2.75) is 6.42 Å². The number of carbonyl (C=O) groups is 3. The van der Waals surface area contributed by atoms with Crippen molar-refractivity contribution in [2.75, 3.05) is 23.7 Å². The predicted octanol–water partition coefficient (Wildman–Crippen LogP) is 3.72. The van der Waals surface area contributed by atoms with Crippen LogP contribution in [0.1, 0.15) is 16.8 Å². The number of hydrogen-bond acceptors (Lipinski definition) is 6.